The molecule has 1 fully saturated rings. The van der Waals surface area contributed by atoms with E-state index in [1.165, 1.54) is 14.2 Å². The number of rotatable bonds is 5. The first-order valence-corrected chi connectivity index (χ1v) is 14.5. The molecule has 2 amide bonds. The molecule has 0 bridgehead atoms. The summed E-state index contributed by atoms with van der Waals surface area (Å²) in [5.41, 5.74) is 4.37. The summed E-state index contributed by atoms with van der Waals surface area (Å²) in [4.78, 5) is 34.4. The predicted molar refractivity (Wildman–Crippen MR) is 167 cm³/mol. The number of nitrogens with zero attached hydrogens (tertiary/aromatic N) is 3. The number of amides is 2. The molecule has 0 saturated carbocycles. The van der Waals surface area contributed by atoms with Gasteiger partial charge >= 0.3 is 0 Å². The van der Waals surface area contributed by atoms with Gasteiger partial charge in [-0.2, -0.15) is 0 Å². The van der Waals surface area contributed by atoms with Gasteiger partial charge in [0.2, 0.25) is 5.91 Å². The molecule has 0 radical (unpaired) electrons. The van der Waals surface area contributed by atoms with Crippen molar-refractivity contribution in [2.45, 2.75) is 27.3 Å². The molecule has 3 aromatic rings. The summed E-state index contributed by atoms with van der Waals surface area (Å²) in [5.74, 6) is 1.38. The maximum atomic E-state index is 13.1. The largest absolute Gasteiger partial charge is 0.495 e. The Bertz CT molecular complexity index is 1530. The first kappa shape index (κ1) is 29.7. The third kappa shape index (κ3) is 5.78. The molecule has 2 heterocycles. The number of hydrogen-bond donors (Lipinski definition) is 1. The van der Waals surface area contributed by atoms with Crippen LogP contribution in [0.25, 0.3) is 11.1 Å². The van der Waals surface area contributed by atoms with Crippen LogP contribution < -0.4 is 19.7 Å². The van der Waals surface area contributed by atoms with Gasteiger partial charge in [0.1, 0.15) is 17.3 Å². The van der Waals surface area contributed by atoms with Gasteiger partial charge in [-0.1, -0.05) is 56.1 Å². The lowest BCUT2D eigenvalue weighted by Crippen LogP contribution is -2.51. The Morgan fingerprint density at radius 3 is 2.07 bits per heavy atom. The van der Waals surface area contributed by atoms with Gasteiger partial charge < -0.3 is 24.6 Å². The van der Waals surface area contributed by atoms with Gasteiger partial charge in [0.15, 0.2) is 0 Å². The van der Waals surface area contributed by atoms with Crippen molar-refractivity contribution < 1.29 is 19.1 Å². The SMILES string of the molecule is COc1cc(OC)c(Cl)c(-c2ccc3c(c2)CN=C3NC(=O)c2ccc(N3CCN(C(=O)C(C)(C)C)CC3)cc2)c1Cl. The summed E-state index contributed by atoms with van der Waals surface area (Å²) in [6, 6.07) is 14.9. The number of benzene rings is 3. The summed E-state index contributed by atoms with van der Waals surface area (Å²) in [6.45, 7) is 9.13. The molecule has 42 heavy (non-hydrogen) atoms. The first-order chi connectivity index (χ1) is 20.0. The van der Waals surface area contributed by atoms with Gasteiger partial charge in [0.25, 0.3) is 5.91 Å². The Morgan fingerprint density at radius 2 is 1.50 bits per heavy atom. The summed E-state index contributed by atoms with van der Waals surface area (Å²) < 4.78 is 10.8. The van der Waals surface area contributed by atoms with Gasteiger partial charge in [0.05, 0.1) is 30.8 Å². The lowest BCUT2D eigenvalue weighted by atomic mass is 9.94. The van der Waals surface area contributed by atoms with Gasteiger partial charge in [0, 0.05) is 60.0 Å². The number of methoxy groups -OCH3 is 2. The fourth-order valence-corrected chi connectivity index (χ4v) is 5.97. The zero-order chi connectivity index (χ0) is 30.2. The lowest BCUT2D eigenvalue weighted by molar-refractivity contribution is -0.139. The highest BCUT2D eigenvalue weighted by atomic mass is 35.5. The smallest absolute Gasteiger partial charge is 0.256 e. The number of aliphatic imine (C=N–C) groups is 1. The molecule has 220 valence electrons. The van der Waals surface area contributed by atoms with E-state index in [-0.39, 0.29) is 17.2 Å². The predicted octanol–water partition coefficient (Wildman–Crippen LogP) is 6.06. The molecule has 0 spiro atoms. The van der Waals surface area contributed by atoms with Crippen molar-refractivity contribution in [3.05, 3.63) is 75.3 Å². The number of carbonyl (C=O) groups excluding carboxylic acids is 2. The average molecular weight is 610 g/mol. The summed E-state index contributed by atoms with van der Waals surface area (Å²) in [5, 5.41) is 3.74. The Hall–Kier alpha value is -3.75. The second-order valence-corrected chi connectivity index (χ2v) is 12.1. The van der Waals surface area contributed by atoms with Gasteiger partial charge in [-0.25, -0.2) is 0 Å². The number of piperazine rings is 1. The van der Waals surface area contributed by atoms with Crippen molar-refractivity contribution in [3.63, 3.8) is 0 Å². The Balaban J connectivity index is 1.26. The van der Waals surface area contributed by atoms with Crippen LogP contribution >= 0.6 is 23.2 Å². The minimum Gasteiger partial charge on any atom is -0.495 e. The van der Waals surface area contributed by atoms with E-state index in [4.69, 9.17) is 32.7 Å². The average Bonchev–Trinajstić information content (AvgIpc) is 3.38. The van der Waals surface area contributed by atoms with E-state index in [0.29, 0.717) is 58.1 Å². The Labute approximate surface area is 256 Å². The second-order valence-electron chi connectivity index (χ2n) is 11.4. The van der Waals surface area contributed by atoms with Crippen LogP contribution in [0.4, 0.5) is 5.69 Å². The van der Waals surface area contributed by atoms with E-state index in [1.807, 2.05) is 68.1 Å². The number of halogens is 2. The monoisotopic (exact) mass is 608 g/mol. The van der Waals surface area contributed by atoms with Crippen LogP contribution in [0.1, 0.15) is 42.3 Å². The molecule has 3 aromatic carbocycles. The van der Waals surface area contributed by atoms with Crippen molar-refractivity contribution in [3.8, 4) is 22.6 Å². The van der Waals surface area contributed by atoms with Crippen LogP contribution in [0.5, 0.6) is 11.5 Å². The van der Waals surface area contributed by atoms with Crippen LogP contribution in [-0.4, -0.2) is 62.9 Å². The molecule has 8 nitrogen and oxygen atoms in total. The van der Waals surface area contributed by atoms with Crippen molar-refractivity contribution in [2.24, 2.45) is 10.4 Å². The van der Waals surface area contributed by atoms with Crippen LogP contribution in [-0.2, 0) is 11.3 Å². The van der Waals surface area contributed by atoms with E-state index < -0.39 is 0 Å². The third-order valence-corrected chi connectivity index (χ3v) is 8.32. The third-order valence-electron chi connectivity index (χ3n) is 7.57. The summed E-state index contributed by atoms with van der Waals surface area (Å²) in [7, 11) is 3.07. The molecule has 5 rings (SSSR count). The normalized spacial score (nSPS) is 14.8. The maximum Gasteiger partial charge on any atom is 0.256 e. The van der Waals surface area contributed by atoms with Gasteiger partial charge in [-0.05, 0) is 41.5 Å². The van der Waals surface area contributed by atoms with Gasteiger partial charge in [-0.3, -0.25) is 14.6 Å². The van der Waals surface area contributed by atoms with Crippen molar-refractivity contribution in [1.82, 2.24) is 10.2 Å². The second kappa shape index (κ2) is 11.9. The zero-order valence-electron chi connectivity index (χ0n) is 24.4. The summed E-state index contributed by atoms with van der Waals surface area (Å²) >= 11 is 13.2. The van der Waals surface area contributed by atoms with E-state index in [9.17, 15) is 9.59 Å². The molecule has 2 aliphatic heterocycles. The molecule has 0 aromatic heterocycles. The highest BCUT2D eigenvalue weighted by Crippen LogP contribution is 2.46. The molecule has 2 aliphatic rings. The van der Waals surface area contributed by atoms with Crippen molar-refractivity contribution in [2.75, 3.05) is 45.3 Å². The molecule has 0 unspecified atom stereocenters. The zero-order valence-corrected chi connectivity index (χ0v) is 25.9. The van der Waals surface area contributed by atoms with Crippen LogP contribution in [0.15, 0.2) is 53.5 Å². The highest BCUT2D eigenvalue weighted by molar-refractivity contribution is 6.41. The van der Waals surface area contributed by atoms with E-state index in [2.05, 4.69) is 15.2 Å². The first-order valence-electron chi connectivity index (χ1n) is 13.8. The van der Waals surface area contributed by atoms with E-state index in [1.54, 1.807) is 6.07 Å². The molecule has 0 aliphatic carbocycles. The Kier molecular flexibility index (Phi) is 8.39. The topological polar surface area (TPSA) is 83.5 Å². The van der Waals surface area contributed by atoms with Crippen LogP contribution in [0.2, 0.25) is 10.0 Å². The number of anilines is 1. The molecule has 0 atom stereocenters. The molecule has 1 N–H and O–H groups in total. The fraction of sp³-hybridized carbons (Fsp3) is 0.344. The maximum absolute atomic E-state index is 13.1. The van der Waals surface area contributed by atoms with Gasteiger partial charge in [-0.15, -0.1) is 0 Å². The van der Waals surface area contributed by atoms with E-state index in [0.717, 1.165) is 35.5 Å². The summed E-state index contributed by atoms with van der Waals surface area (Å²) in [6.07, 6.45) is 0. The minimum atomic E-state index is -0.380. The fourth-order valence-electron chi connectivity index (χ4n) is 5.25. The number of fused-ring (bicyclic) bond motifs is 1. The standard InChI is InChI=1S/C32H34Cl2N4O4/c1-32(2,3)31(40)38-14-12-37(13-15-38)22-9-6-19(7-10-22)30(39)36-29-23-11-8-20(16-21(23)18-35-29)26-27(33)24(41-4)17-25(42-5)28(26)34/h6-11,16-17H,12-15,18H2,1-5H3,(H,35,36,39). The van der Waals surface area contributed by atoms with Crippen LogP contribution in [0.3, 0.4) is 0 Å². The molecular formula is C32H34Cl2N4O4. The Morgan fingerprint density at radius 1 is 0.881 bits per heavy atom. The van der Waals surface area contributed by atoms with Crippen molar-refractivity contribution in [1.29, 1.82) is 0 Å². The molecule has 10 heteroatoms. The number of carbonyl (C=O) groups is 2. The minimum absolute atomic E-state index is 0.176. The quantitative estimate of drug-likeness (QED) is 0.380. The van der Waals surface area contributed by atoms with Crippen molar-refractivity contribution >= 4 is 46.5 Å². The highest BCUT2D eigenvalue weighted by Gasteiger charge is 2.30. The van der Waals surface area contributed by atoms with Crippen LogP contribution in [0, 0.1) is 5.41 Å². The van der Waals surface area contributed by atoms with E-state index >= 15 is 0 Å². The lowest BCUT2D eigenvalue weighted by Gasteiger charge is -2.38. The molecule has 1 saturated heterocycles. The molecular weight excluding hydrogens is 575 g/mol. The number of nitrogens with one attached hydrogen (secondary N) is 1. The number of amidine groups is 1. The number of ether oxygens (including phenoxy) is 2. The number of hydrogen-bond acceptors (Lipinski definition) is 6.